The van der Waals surface area contributed by atoms with Gasteiger partial charge in [0.15, 0.2) is 0 Å². The molecule has 2 heterocycles. The van der Waals surface area contributed by atoms with Gasteiger partial charge in [0.05, 0.1) is 6.26 Å². The molecule has 3 nitrogen and oxygen atoms in total. The summed E-state index contributed by atoms with van der Waals surface area (Å²) in [6.07, 6.45) is 2.35. The number of furan rings is 1. The lowest BCUT2D eigenvalue weighted by atomic mass is 9.98. The molecule has 1 aliphatic heterocycles. The van der Waals surface area contributed by atoms with Crippen LogP contribution in [-0.2, 0) is 5.60 Å². The fourth-order valence-corrected chi connectivity index (χ4v) is 2.00. The molecule has 1 aliphatic rings. The predicted molar refractivity (Wildman–Crippen MR) is 49.3 cm³/mol. The summed E-state index contributed by atoms with van der Waals surface area (Å²) in [7, 11) is 2.02. The average Bonchev–Trinajstić information content (AvgIpc) is 2.61. The first-order valence-corrected chi connectivity index (χ1v) is 4.58. The third-order valence-corrected chi connectivity index (χ3v) is 2.88. The first-order valence-electron chi connectivity index (χ1n) is 4.58. The van der Waals surface area contributed by atoms with Gasteiger partial charge in [-0.3, -0.25) is 0 Å². The van der Waals surface area contributed by atoms with Crippen molar-refractivity contribution in [3.8, 4) is 0 Å². The minimum atomic E-state index is -0.780. The van der Waals surface area contributed by atoms with Crippen LogP contribution in [0.15, 0.2) is 22.8 Å². The summed E-state index contributed by atoms with van der Waals surface area (Å²) in [6.45, 7) is 2.77. The van der Waals surface area contributed by atoms with E-state index in [4.69, 9.17) is 4.42 Å². The van der Waals surface area contributed by atoms with Crippen LogP contribution in [-0.4, -0.2) is 29.6 Å². The molecule has 2 atom stereocenters. The molecule has 0 aromatic carbocycles. The smallest absolute Gasteiger partial charge is 0.136 e. The number of likely N-dealkylation sites (N-methyl/N-ethyl adjacent to an activating group) is 1. The van der Waals surface area contributed by atoms with Crippen LogP contribution >= 0.6 is 0 Å². The Hall–Kier alpha value is -0.800. The van der Waals surface area contributed by atoms with Crippen molar-refractivity contribution >= 4 is 0 Å². The van der Waals surface area contributed by atoms with Crippen molar-refractivity contribution in [3.05, 3.63) is 24.2 Å². The lowest BCUT2D eigenvalue weighted by Gasteiger charge is -2.18. The Morgan fingerprint density at radius 2 is 2.46 bits per heavy atom. The molecule has 1 saturated heterocycles. The molecular formula is C10H15NO2. The van der Waals surface area contributed by atoms with Crippen molar-refractivity contribution < 1.29 is 9.52 Å². The first-order chi connectivity index (χ1) is 6.12. The van der Waals surface area contributed by atoms with Crippen LogP contribution in [0.5, 0.6) is 0 Å². The molecule has 3 heteroatoms. The third kappa shape index (κ3) is 1.38. The SMILES string of the molecule is CC1CC(O)(c2ccco2)CN1C. The highest BCUT2D eigenvalue weighted by molar-refractivity contribution is 5.13. The van der Waals surface area contributed by atoms with E-state index >= 15 is 0 Å². The Kier molecular flexibility index (Phi) is 1.93. The summed E-state index contributed by atoms with van der Waals surface area (Å²) < 4.78 is 5.24. The van der Waals surface area contributed by atoms with Crippen LogP contribution in [0.3, 0.4) is 0 Å². The molecule has 2 unspecified atom stereocenters. The highest BCUT2D eigenvalue weighted by atomic mass is 16.4. The molecule has 1 N–H and O–H groups in total. The van der Waals surface area contributed by atoms with Crippen molar-refractivity contribution in [1.29, 1.82) is 0 Å². The Morgan fingerprint density at radius 3 is 2.92 bits per heavy atom. The van der Waals surface area contributed by atoms with Gasteiger partial charge < -0.3 is 14.4 Å². The van der Waals surface area contributed by atoms with Gasteiger partial charge in [0, 0.05) is 12.6 Å². The average molecular weight is 181 g/mol. The molecule has 1 aromatic rings. The van der Waals surface area contributed by atoms with E-state index in [2.05, 4.69) is 11.8 Å². The number of β-amino-alcohol motifs (C(OH)–C–C–N with tert-alkyl or cyclic N) is 1. The summed E-state index contributed by atoms with van der Waals surface area (Å²) in [5.41, 5.74) is -0.780. The Bertz CT molecular complexity index is 271. The van der Waals surface area contributed by atoms with Gasteiger partial charge in [0.1, 0.15) is 11.4 Å². The molecule has 13 heavy (non-hydrogen) atoms. The summed E-state index contributed by atoms with van der Waals surface area (Å²) in [5, 5.41) is 10.3. The summed E-state index contributed by atoms with van der Waals surface area (Å²) in [5.74, 6) is 0.684. The highest BCUT2D eigenvalue weighted by Crippen LogP contribution is 2.34. The van der Waals surface area contributed by atoms with Crippen LogP contribution in [0.1, 0.15) is 19.1 Å². The lowest BCUT2D eigenvalue weighted by Crippen LogP contribution is -2.28. The Balaban J connectivity index is 2.24. The van der Waals surface area contributed by atoms with Crippen LogP contribution in [0.4, 0.5) is 0 Å². The fourth-order valence-electron chi connectivity index (χ4n) is 2.00. The monoisotopic (exact) mass is 181 g/mol. The summed E-state index contributed by atoms with van der Waals surface area (Å²) >= 11 is 0. The van der Waals surface area contributed by atoms with Gasteiger partial charge in [0.25, 0.3) is 0 Å². The van der Waals surface area contributed by atoms with Crippen molar-refractivity contribution in [1.82, 2.24) is 4.90 Å². The van der Waals surface area contributed by atoms with Crippen LogP contribution in [0.2, 0.25) is 0 Å². The maximum atomic E-state index is 10.3. The molecule has 0 radical (unpaired) electrons. The van der Waals surface area contributed by atoms with E-state index in [1.54, 1.807) is 6.26 Å². The maximum Gasteiger partial charge on any atom is 0.136 e. The third-order valence-electron chi connectivity index (χ3n) is 2.88. The minimum Gasteiger partial charge on any atom is -0.466 e. The number of likely N-dealkylation sites (tertiary alicyclic amines) is 1. The molecule has 0 bridgehead atoms. The fraction of sp³-hybridized carbons (Fsp3) is 0.600. The minimum absolute atomic E-state index is 0.412. The van der Waals surface area contributed by atoms with Gasteiger partial charge >= 0.3 is 0 Å². The zero-order valence-electron chi connectivity index (χ0n) is 8.03. The number of hydrogen-bond acceptors (Lipinski definition) is 3. The molecule has 0 aliphatic carbocycles. The van der Waals surface area contributed by atoms with Crippen LogP contribution < -0.4 is 0 Å². The number of aliphatic hydroxyl groups is 1. The lowest BCUT2D eigenvalue weighted by molar-refractivity contribution is 0.0263. The van der Waals surface area contributed by atoms with E-state index in [0.717, 1.165) is 6.42 Å². The van der Waals surface area contributed by atoms with Gasteiger partial charge in [-0.05, 0) is 32.5 Å². The van der Waals surface area contributed by atoms with Gasteiger partial charge in [0.2, 0.25) is 0 Å². The van der Waals surface area contributed by atoms with E-state index in [-0.39, 0.29) is 0 Å². The van der Waals surface area contributed by atoms with Gasteiger partial charge in [-0.1, -0.05) is 0 Å². The molecule has 0 amide bonds. The topological polar surface area (TPSA) is 36.6 Å². The first kappa shape index (κ1) is 8.78. The van der Waals surface area contributed by atoms with Gasteiger partial charge in [-0.15, -0.1) is 0 Å². The summed E-state index contributed by atoms with van der Waals surface area (Å²) in [6, 6.07) is 4.07. The standard InChI is InChI=1S/C10H15NO2/c1-8-6-10(12,7-11(8)2)9-4-3-5-13-9/h3-5,8,12H,6-7H2,1-2H3. The van der Waals surface area contributed by atoms with E-state index < -0.39 is 5.60 Å². The van der Waals surface area contributed by atoms with E-state index in [9.17, 15) is 5.11 Å². The number of rotatable bonds is 1. The molecule has 1 aromatic heterocycles. The van der Waals surface area contributed by atoms with E-state index in [0.29, 0.717) is 18.3 Å². The number of nitrogens with zero attached hydrogens (tertiary/aromatic N) is 1. The number of hydrogen-bond donors (Lipinski definition) is 1. The molecule has 2 rings (SSSR count). The molecule has 0 spiro atoms. The van der Waals surface area contributed by atoms with Crippen molar-refractivity contribution in [2.24, 2.45) is 0 Å². The molecule has 1 fully saturated rings. The predicted octanol–water partition coefficient (Wildman–Crippen LogP) is 1.19. The van der Waals surface area contributed by atoms with Crippen LogP contribution in [0, 0.1) is 0 Å². The molecule has 0 saturated carbocycles. The maximum absolute atomic E-state index is 10.3. The quantitative estimate of drug-likeness (QED) is 0.707. The zero-order valence-corrected chi connectivity index (χ0v) is 8.03. The highest BCUT2D eigenvalue weighted by Gasteiger charge is 2.42. The van der Waals surface area contributed by atoms with Crippen molar-refractivity contribution in [2.45, 2.75) is 25.0 Å². The second-order valence-corrected chi connectivity index (χ2v) is 3.98. The Morgan fingerprint density at radius 1 is 1.69 bits per heavy atom. The van der Waals surface area contributed by atoms with Gasteiger partial charge in [-0.25, -0.2) is 0 Å². The second kappa shape index (κ2) is 2.86. The molecule has 72 valence electrons. The van der Waals surface area contributed by atoms with Gasteiger partial charge in [-0.2, -0.15) is 0 Å². The zero-order chi connectivity index (χ0) is 9.47. The van der Waals surface area contributed by atoms with E-state index in [1.807, 2.05) is 19.2 Å². The largest absolute Gasteiger partial charge is 0.466 e. The molecular weight excluding hydrogens is 166 g/mol. The summed E-state index contributed by atoms with van der Waals surface area (Å²) in [4.78, 5) is 2.14. The van der Waals surface area contributed by atoms with Crippen molar-refractivity contribution in [3.63, 3.8) is 0 Å². The van der Waals surface area contributed by atoms with Crippen molar-refractivity contribution in [2.75, 3.05) is 13.6 Å². The Labute approximate surface area is 78.0 Å². The van der Waals surface area contributed by atoms with Crippen LogP contribution in [0.25, 0.3) is 0 Å². The normalized spacial score (nSPS) is 35.5. The van der Waals surface area contributed by atoms with E-state index in [1.165, 1.54) is 0 Å². The second-order valence-electron chi connectivity index (χ2n) is 3.98.